The SMILES string of the molecule is C=C=C(Oc1ccccc1)c1ccccc1. The summed E-state index contributed by atoms with van der Waals surface area (Å²) in [6.07, 6.45) is 0. The molecule has 0 aliphatic rings. The van der Waals surface area contributed by atoms with Crippen molar-refractivity contribution in [3.05, 3.63) is 78.5 Å². The van der Waals surface area contributed by atoms with Crippen LogP contribution in [0.15, 0.2) is 73.0 Å². The lowest BCUT2D eigenvalue weighted by molar-refractivity contribution is 0.516. The van der Waals surface area contributed by atoms with E-state index in [9.17, 15) is 0 Å². The summed E-state index contributed by atoms with van der Waals surface area (Å²) in [5.74, 6) is 1.43. The maximum Gasteiger partial charge on any atom is 0.176 e. The molecule has 0 N–H and O–H groups in total. The van der Waals surface area contributed by atoms with E-state index in [1.54, 1.807) is 0 Å². The molecule has 0 unspecified atom stereocenters. The molecule has 0 aromatic heterocycles. The first-order valence-electron chi connectivity index (χ1n) is 5.08. The quantitative estimate of drug-likeness (QED) is 0.549. The van der Waals surface area contributed by atoms with Crippen molar-refractivity contribution in [1.29, 1.82) is 0 Å². The molecule has 0 atom stereocenters. The van der Waals surface area contributed by atoms with Crippen LogP contribution in [0.2, 0.25) is 0 Å². The second kappa shape index (κ2) is 5.01. The van der Waals surface area contributed by atoms with E-state index < -0.39 is 0 Å². The minimum Gasteiger partial charge on any atom is -0.448 e. The Kier molecular flexibility index (Phi) is 3.22. The highest BCUT2D eigenvalue weighted by atomic mass is 16.5. The van der Waals surface area contributed by atoms with E-state index in [0.717, 1.165) is 11.3 Å². The lowest BCUT2D eigenvalue weighted by Gasteiger charge is -2.07. The Bertz CT molecular complexity index is 493. The Balaban J connectivity index is 2.24. The van der Waals surface area contributed by atoms with E-state index in [4.69, 9.17) is 4.74 Å². The van der Waals surface area contributed by atoms with Crippen LogP contribution in [0.4, 0.5) is 0 Å². The predicted molar refractivity (Wildman–Crippen MR) is 66.1 cm³/mol. The van der Waals surface area contributed by atoms with Crippen molar-refractivity contribution in [1.82, 2.24) is 0 Å². The van der Waals surface area contributed by atoms with E-state index in [1.165, 1.54) is 0 Å². The van der Waals surface area contributed by atoms with Gasteiger partial charge in [-0.05, 0) is 12.1 Å². The monoisotopic (exact) mass is 208 g/mol. The second-order valence-corrected chi connectivity index (χ2v) is 3.29. The third-order valence-electron chi connectivity index (χ3n) is 2.16. The van der Waals surface area contributed by atoms with Gasteiger partial charge in [0.15, 0.2) is 5.76 Å². The Labute approximate surface area is 95.3 Å². The molecule has 0 fully saturated rings. The highest BCUT2D eigenvalue weighted by molar-refractivity contribution is 5.60. The van der Waals surface area contributed by atoms with Crippen molar-refractivity contribution in [2.75, 3.05) is 0 Å². The maximum absolute atomic E-state index is 5.69. The predicted octanol–water partition coefficient (Wildman–Crippen LogP) is 3.89. The summed E-state index contributed by atoms with van der Waals surface area (Å²) in [6.45, 7) is 3.65. The Hall–Kier alpha value is -2.24. The standard InChI is InChI=1S/C15H12O/c1-2-15(13-9-5-3-6-10-13)16-14-11-7-4-8-12-14/h3-12H,1H2. The van der Waals surface area contributed by atoms with E-state index in [-0.39, 0.29) is 0 Å². The first-order valence-corrected chi connectivity index (χ1v) is 5.08. The minimum atomic E-state index is 0.645. The zero-order valence-electron chi connectivity index (χ0n) is 8.89. The second-order valence-electron chi connectivity index (χ2n) is 3.29. The molecule has 0 amide bonds. The average molecular weight is 208 g/mol. The molecule has 2 rings (SSSR count). The fraction of sp³-hybridized carbons (Fsp3) is 0. The van der Waals surface area contributed by atoms with Gasteiger partial charge in [0.1, 0.15) is 5.75 Å². The third kappa shape index (κ3) is 2.41. The molecular formula is C15H12O. The fourth-order valence-electron chi connectivity index (χ4n) is 1.39. The summed E-state index contributed by atoms with van der Waals surface area (Å²) in [6, 6.07) is 19.4. The van der Waals surface area contributed by atoms with Crippen molar-refractivity contribution in [3.8, 4) is 5.75 Å². The normalized spacial score (nSPS) is 9.25. The lowest BCUT2D eigenvalue weighted by Crippen LogP contribution is -1.92. The molecule has 1 heteroatoms. The van der Waals surface area contributed by atoms with Gasteiger partial charge in [0.25, 0.3) is 0 Å². The molecule has 78 valence electrons. The molecule has 0 radical (unpaired) electrons. The van der Waals surface area contributed by atoms with Crippen LogP contribution in [0.5, 0.6) is 5.75 Å². The number of para-hydroxylation sites is 1. The first-order chi connectivity index (χ1) is 7.90. The molecule has 2 aromatic carbocycles. The van der Waals surface area contributed by atoms with Gasteiger partial charge < -0.3 is 4.74 Å². The van der Waals surface area contributed by atoms with Crippen molar-refractivity contribution in [3.63, 3.8) is 0 Å². The van der Waals surface area contributed by atoms with Crippen LogP contribution in [0.3, 0.4) is 0 Å². The van der Waals surface area contributed by atoms with Crippen LogP contribution >= 0.6 is 0 Å². The maximum atomic E-state index is 5.69. The molecule has 0 bridgehead atoms. The molecule has 0 spiro atoms. The van der Waals surface area contributed by atoms with Gasteiger partial charge in [-0.2, -0.15) is 0 Å². The highest BCUT2D eigenvalue weighted by Crippen LogP contribution is 2.19. The summed E-state index contributed by atoms with van der Waals surface area (Å²) >= 11 is 0. The van der Waals surface area contributed by atoms with Crippen LogP contribution in [-0.4, -0.2) is 0 Å². The van der Waals surface area contributed by atoms with Crippen LogP contribution < -0.4 is 4.74 Å². The molecule has 0 heterocycles. The summed E-state index contributed by atoms with van der Waals surface area (Å²) < 4.78 is 5.69. The van der Waals surface area contributed by atoms with Crippen LogP contribution in [0.1, 0.15) is 5.56 Å². The van der Waals surface area contributed by atoms with Gasteiger partial charge in [-0.25, -0.2) is 0 Å². The van der Waals surface area contributed by atoms with Crippen molar-refractivity contribution in [2.24, 2.45) is 0 Å². The number of hydrogen-bond donors (Lipinski definition) is 0. The van der Waals surface area contributed by atoms with E-state index >= 15 is 0 Å². The first kappa shape index (κ1) is 10.3. The molecular weight excluding hydrogens is 196 g/mol. The summed E-state index contributed by atoms with van der Waals surface area (Å²) in [5, 5.41) is 0. The molecule has 16 heavy (non-hydrogen) atoms. The molecule has 0 aliphatic heterocycles. The van der Waals surface area contributed by atoms with Crippen LogP contribution in [0, 0.1) is 0 Å². The number of benzene rings is 2. The van der Waals surface area contributed by atoms with E-state index in [1.807, 2.05) is 60.7 Å². The van der Waals surface area contributed by atoms with Gasteiger partial charge in [-0.3, -0.25) is 0 Å². The lowest BCUT2D eigenvalue weighted by atomic mass is 10.2. The molecule has 2 aromatic rings. The fourth-order valence-corrected chi connectivity index (χ4v) is 1.39. The summed E-state index contributed by atoms with van der Waals surface area (Å²) in [4.78, 5) is 0. The van der Waals surface area contributed by atoms with Gasteiger partial charge in [0.05, 0.1) is 0 Å². The summed E-state index contributed by atoms with van der Waals surface area (Å²) in [5.41, 5.74) is 3.78. The molecule has 1 nitrogen and oxygen atoms in total. The zero-order chi connectivity index (χ0) is 11.2. The number of rotatable bonds is 3. The van der Waals surface area contributed by atoms with Gasteiger partial charge >= 0.3 is 0 Å². The van der Waals surface area contributed by atoms with Crippen molar-refractivity contribution < 1.29 is 4.74 Å². The van der Waals surface area contributed by atoms with Crippen molar-refractivity contribution >= 4 is 5.76 Å². The average Bonchev–Trinajstić information content (AvgIpc) is 2.38. The molecule has 0 saturated carbocycles. The van der Waals surface area contributed by atoms with Crippen LogP contribution in [0.25, 0.3) is 5.76 Å². The van der Waals surface area contributed by atoms with E-state index in [2.05, 4.69) is 12.3 Å². The van der Waals surface area contributed by atoms with E-state index in [0.29, 0.717) is 5.76 Å². The van der Waals surface area contributed by atoms with Gasteiger partial charge in [-0.15, -0.1) is 0 Å². The number of hydrogen-bond acceptors (Lipinski definition) is 1. The number of ether oxygens (including phenoxy) is 1. The third-order valence-corrected chi connectivity index (χ3v) is 2.16. The molecule has 0 aliphatic carbocycles. The van der Waals surface area contributed by atoms with Crippen molar-refractivity contribution in [2.45, 2.75) is 0 Å². The Morgan fingerprint density at radius 3 is 2.00 bits per heavy atom. The van der Waals surface area contributed by atoms with Crippen LogP contribution in [-0.2, 0) is 0 Å². The van der Waals surface area contributed by atoms with Gasteiger partial charge in [-0.1, -0.05) is 60.8 Å². The molecule has 0 saturated heterocycles. The largest absolute Gasteiger partial charge is 0.448 e. The Morgan fingerprint density at radius 1 is 0.875 bits per heavy atom. The minimum absolute atomic E-state index is 0.645. The Morgan fingerprint density at radius 2 is 1.44 bits per heavy atom. The smallest absolute Gasteiger partial charge is 0.176 e. The summed E-state index contributed by atoms with van der Waals surface area (Å²) in [7, 11) is 0. The van der Waals surface area contributed by atoms with Gasteiger partial charge in [0, 0.05) is 5.56 Å². The highest BCUT2D eigenvalue weighted by Gasteiger charge is 2.01. The zero-order valence-corrected chi connectivity index (χ0v) is 8.89. The van der Waals surface area contributed by atoms with Gasteiger partial charge in [0.2, 0.25) is 0 Å². The topological polar surface area (TPSA) is 9.23 Å².